The molecule has 1 fully saturated rings. The Morgan fingerprint density at radius 1 is 1.40 bits per heavy atom. The Morgan fingerprint density at radius 2 is 2.20 bits per heavy atom. The fourth-order valence-corrected chi connectivity index (χ4v) is 3.74. The molecule has 1 atom stereocenters. The second-order valence-corrected chi connectivity index (χ2v) is 7.00. The summed E-state index contributed by atoms with van der Waals surface area (Å²) in [5, 5.41) is 6.76. The monoisotopic (exact) mass is 343 g/mol. The number of anilines is 1. The Kier molecular flexibility index (Phi) is 3.98. The quantitative estimate of drug-likeness (QED) is 0.921. The highest BCUT2D eigenvalue weighted by Crippen LogP contribution is 2.46. The van der Waals surface area contributed by atoms with Crippen molar-refractivity contribution in [3.8, 4) is 16.9 Å². The van der Waals surface area contributed by atoms with Crippen LogP contribution < -0.4 is 9.64 Å². The predicted molar refractivity (Wildman–Crippen MR) is 93.2 cm³/mol. The van der Waals surface area contributed by atoms with Crippen LogP contribution in [0.15, 0.2) is 18.5 Å². The van der Waals surface area contributed by atoms with Gasteiger partial charge >= 0.3 is 0 Å². The number of nitrogens with zero attached hydrogens (tertiary/aromatic N) is 2. The average molecular weight is 343 g/mol. The van der Waals surface area contributed by atoms with E-state index in [4.69, 9.17) is 4.74 Å². The van der Waals surface area contributed by atoms with E-state index in [0.29, 0.717) is 23.4 Å². The molecule has 1 aromatic heterocycles. The standard InChI is InChI=1S/C19H22FN3O2/c1-11-6-7-15-18(23(11)12(2)24)17(20)8-16(13-9-21-22-10-13)19(15)25-14-4-3-5-14/h8-11,14H,3-7H2,1-2H3,(H,21,22)/t11-/m0/s1. The summed E-state index contributed by atoms with van der Waals surface area (Å²) in [6.07, 6.45) is 8.27. The molecular formula is C19H22FN3O2. The van der Waals surface area contributed by atoms with Crippen molar-refractivity contribution in [3.05, 3.63) is 29.8 Å². The van der Waals surface area contributed by atoms with Crippen LogP contribution in [0.5, 0.6) is 5.75 Å². The van der Waals surface area contributed by atoms with Crippen LogP contribution in [0.1, 0.15) is 45.1 Å². The van der Waals surface area contributed by atoms with Crippen LogP contribution in [0, 0.1) is 5.82 Å². The number of benzene rings is 1. The molecule has 0 spiro atoms. The van der Waals surface area contributed by atoms with Gasteiger partial charge in [0.2, 0.25) is 5.91 Å². The molecule has 25 heavy (non-hydrogen) atoms. The zero-order chi connectivity index (χ0) is 17.6. The molecule has 0 bridgehead atoms. The molecule has 1 aliphatic heterocycles. The van der Waals surface area contributed by atoms with Gasteiger partial charge in [-0.1, -0.05) is 0 Å². The molecule has 0 radical (unpaired) electrons. The minimum atomic E-state index is -0.381. The summed E-state index contributed by atoms with van der Waals surface area (Å²) in [6.45, 7) is 3.45. The maximum atomic E-state index is 15.0. The van der Waals surface area contributed by atoms with E-state index in [1.807, 2.05) is 6.92 Å². The van der Waals surface area contributed by atoms with E-state index in [0.717, 1.165) is 36.8 Å². The first-order valence-corrected chi connectivity index (χ1v) is 8.87. The largest absolute Gasteiger partial charge is 0.489 e. The second-order valence-electron chi connectivity index (χ2n) is 7.00. The topological polar surface area (TPSA) is 58.2 Å². The van der Waals surface area contributed by atoms with Gasteiger partial charge in [-0.2, -0.15) is 5.10 Å². The number of carbonyl (C=O) groups excluding carboxylic acids is 1. The lowest BCUT2D eigenvalue weighted by Gasteiger charge is -2.37. The third kappa shape index (κ3) is 2.69. The van der Waals surface area contributed by atoms with Crippen LogP contribution in [-0.2, 0) is 11.2 Å². The third-order valence-corrected chi connectivity index (χ3v) is 5.28. The number of rotatable bonds is 3. The molecule has 0 saturated heterocycles. The average Bonchev–Trinajstić information content (AvgIpc) is 3.06. The first kappa shape index (κ1) is 16.1. The second kappa shape index (κ2) is 6.17. The molecule has 6 heteroatoms. The zero-order valence-electron chi connectivity index (χ0n) is 14.5. The summed E-state index contributed by atoms with van der Waals surface area (Å²) in [5.74, 6) is 0.188. The van der Waals surface area contributed by atoms with Crippen molar-refractivity contribution in [1.29, 1.82) is 0 Å². The highest BCUT2D eigenvalue weighted by molar-refractivity contribution is 5.95. The minimum Gasteiger partial charge on any atom is -0.489 e. The number of carbonyl (C=O) groups is 1. The zero-order valence-corrected chi connectivity index (χ0v) is 14.5. The van der Waals surface area contributed by atoms with E-state index in [-0.39, 0.29) is 23.9 Å². The normalized spacial score (nSPS) is 20.1. The number of aromatic amines is 1. The molecule has 0 unspecified atom stereocenters. The molecule has 1 amide bonds. The Balaban J connectivity index is 1.90. The highest BCUT2D eigenvalue weighted by atomic mass is 19.1. The van der Waals surface area contributed by atoms with Crippen molar-refractivity contribution >= 4 is 11.6 Å². The number of halogens is 1. The number of hydrogen-bond donors (Lipinski definition) is 1. The molecule has 2 aliphatic rings. The molecule has 4 rings (SSSR count). The lowest BCUT2D eigenvalue weighted by Crippen LogP contribution is -2.41. The van der Waals surface area contributed by atoms with Crippen molar-refractivity contribution in [3.63, 3.8) is 0 Å². The van der Waals surface area contributed by atoms with Crippen molar-refractivity contribution in [2.24, 2.45) is 0 Å². The van der Waals surface area contributed by atoms with Gasteiger partial charge < -0.3 is 9.64 Å². The summed E-state index contributed by atoms with van der Waals surface area (Å²) < 4.78 is 21.3. The number of hydrogen-bond acceptors (Lipinski definition) is 3. The van der Waals surface area contributed by atoms with Gasteiger partial charge in [-0.15, -0.1) is 0 Å². The van der Waals surface area contributed by atoms with Gasteiger partial charge in [0.25, 0.3) is 0 Å². The number of aromatic nitrogens is 2. The molecule has 1 aliphatic carbocycles. The predicted octanol–water partition coefficient (Wildman–Crippen LogP) is 3.83. The van der Waals surface area contributed by atoms with Gasteiger partial charge in [-0.3, -0.25) is 9.89 Å². The molecule has 2 aromatic rings. The van der Waals surface area contributed by atoms with Gasteiger partial charge in [-0.05, 0) is 45.1 Å². The molecule has 1 N–H and O–H groups in total. The fourth-order valence-electron chi connectivity index (χ4n) is 3.74. The Hall–Kier alpha value is -2.37. The maximum Gasteiger partial charge on any atom is 0.224 e. The van der Waals surface area contributed by atoms with Crippen LogP contribution in [0.3, 0.4) is 0 Å². The lowest BCUT2D eigenvalue weighted by molar-refractivity contribution is -0.117. The molecule has 132 valence electrons. The Morgan fingerprint density at radius 3 is 2.80 bits per heavy atom. The highest BCUT2D eigenvalue weighted by Gasteiger charge is 2.34. The lowest BCUT2D eigenvalue weighted by atomic mass is 9.90. The van der Waals surface area contributed by atoms with Gasteiger partial charge in [0, 0.05) is 35.9 Å². The fraction of sp³-hybridized carbons (Fsp3) is 0.474. The van der Waals surface area contributed by atoms with Gasteiger partial charge in [0.05, 0.1) is 18.0 Å². The van der Waals surface area contributed by atoms with Crippen LogP contribution in [-0.4, -0.2) is 28.3 Å². The summed E-state index contributed by atoms with van der Waals surface area (Å²) in [7, 11) is 0. The smallest absolute Gasteiger partial charge is 0.224 e. The number of ether oxygens (including phenoxy) is 1. The third-order valence-electron chi connectivity index (χ3n) is 5.28. The first-order chi connectivity index (χ1) is 12.1. The summed E-state index contributed by atoms with van der Waals surface area (Å²) in [6, 6.07) is 1.46. The minimum absolute atomic E-state index is 0.0178. The Bertz CT molecular complexity index is 799. The van der Waals surface area contributed by atoms with Gasteiger partial charge in [0.15, 0.2) is 0 Å². The van der Waals surface area contributed by atoms with Crippen molar-refractivity contribution in [1.82, 2.24) is 10.2 Å². The van der Waals surface area contributed by atoms with Crippen molar-refractivity contribution in [2.45, 2.75) is 58.1 Å². The van der Waals surface area contributed by atoms with Crippen LogP contribution in [0.25, 0.3) is 11.1 Å². The summed E-state index contributed by atoms with van der Waals surface area (Å²) in [5.41, 5.74) is 2.68. The van der Waals surface area contributed by atoms with E-state index in [1.54, 1.807) is 17.3 Å². The van der Waals surface area contributed by atoms with Crippen LogP contribution in [0.2, 0.25) is 0 Å². The van der Waals surface area contributed by atoms with Crippen molar-refractivity contribution < 1.29 is 13.9 Å². The molecule has 1 aromatic carbocycles. The Labute approximate surface area is 146 Å². The van der Waals surface area contributed by atoms with E-state index in [2.05, 4.69) is 10.2 Å². The van der Waals surface area contributed by atoms with Gasteiger partial charge in [0.1, 0.15) is 11.6 Å². The van der Waals surface area contributed by atoms with E-state index in [1.165, 1.54) is 13.0 Å². The number of H-pyrrole nitrogens is 1. The van der Waals surface area contributed by atoms with E-state index in [9.17, 15) is 4.79 Å². The summed E-state index contributed by atoms with van der Waals surface area (Å²) >= 11 is 0. The molecular weight excluding hydrogens is 321 g/mol. The molecule has 1 saturated carbocycles. The number of amides is 1. The molecule has 2 heterocycles. The van der Waals surface area contributed by atoms with Crippen LogP contribution in [0.4, 0.5) is 10.1 Å². The maximum absolute atomic E-state index is 15.0. The van der Waals surface area contributed by atoms with Gasteiger partial charge in [-0.25, -0.2) is 4.39 Å². The first-order valence-electron chi connectivity index (χ1n) is 8.87. The SMILES string of the molecule is CC(=O)N1c2c(F)cc(-c3cn[nH]c3)c(OC3CCC3)c2CC[C@@H]1C. The molecule has 5 nitrogen and oxygen atoms in total. The van der Waals surface area contributed by atoms with Crippen molar-refractivity contribution in [2.75, 3.05) is 4.90 Å². The number of fused-ring (bicyclic) bond motifs is 1. The van der Waals surface area contributed by atoms with Crippen LogP contribution >= 0.6 is 0 Å². The summed E-state index contributed by atoms with van der Waals surface area (Å²) in [4.78, 5) is 13.7. The van der Waals surface area contributed by atoms with E-state index < -0.39 is 0 Å². The van der Waals surface area contributed by atoms with E-state index >= 15 is 4.39 Å². The number of nitrogens with one attached hydrogen (secondary N) is 1.